The van der Waals surface area contributed by atoms with Crippen molar-refractivity contribution in [2.75, 3.05) is 13.2 Å². The smallest absolute Gasteiger partial charge is 0.341 e. The molecule has 28 heavy (non-hydrogen) atoms. The number of amides is 1. The number of carboxylic acid groups (broad SMARTS) is 1. The number of carbonyl (C=O) groups is 2. The molecule has 0 atom stereocenters. The lowest BCUT2D eigenvalue weighted by Gasteiger charge is -2.29. The van der Waals surface area contributed by atoms with Gasteiger partial charge in [0.1, 0.15) is 11.3 Å². The summed E-state index contributed by atoms with van der Waals surface area (Å²) in [5, 5.41) is 9.63. The minimum Gasteiger partial charge on any atom is -0.493 e. The van der Waals surface area contributed by atoms with Crippen LogP contribution in [-0.4, -0.2) is 39.6 Å². The van der Waals surface area contributed by atoms with E-state index in [0.717, 1.165) is 35.3 Å². The molecule has 2 aromatic rings. The summed E-state index contributed by atoms with van der Waals surface area (Å²) in [4.78, 5) is 38.1. The van der Waals surface area contributed by atoms with Gasteiger partial charge < -0.3 is 19.3 Å². The van der Waals surface area contributed by atoms with E-state index in [4.69, 9.17) is 4.74 Å². The summed E-state index contributed by atoms with van der Waals surface area (Å²) in [6.07, 6.45) is 3.97. The molecule has 0 saturated heterocycles. The molecule has 1 aromatic heterocycles. The number of pyridine rings is 1. The molecule has 3 heterocycles. The van der Waals surface area contributed by atoms with Gasteiger partial charge in [-0.1, -0.05) is 12.1 Å². The fourth-order valence-corrected chi connectivity index (χ4v) is 4.03. The third-order valence-corrected chi connectivity index (χ3v) is 5.45. The molecule has 0 radical (unpaired) electrons. The van der Waals surface area contributed by atoms with E-state index in [-0.39, 0.29) is 18.0 Å². The number of aryl methyl sites for hydroxylation is 1. The first-order chi connectivity index (χ1) is 13.4. The Hall–Kier alpha value is -3.09. The molecule has 7 heteroatoms. The van der Waals surface area contributed by atoms with Gasteiger partial charge in [0.15, 0.2) is 0 Å². The van der Waals surface area contributed by atoms with E-state index in [1.54, 1.807) is 11.1 Å². The second-order valence-corrected chi connectivity index (χ2v) is 7.33. The maximum atomic E-state index is 12.9. The quantitative estimate of drug-likeness (QED) is 0.875. The van der Waals surface area contributed by atoms with Crippen LogP contribution in [-0.2, 0) is 30.7 Å². The Kier molecular flexibility index (Phi) is 4.66. The van der Waals surface area contributed by atoms with Crippen LogP contribution in [0.3, 0.4) is 0 Å². The van der Waals surface area contributed by atoms with Crippen molar-refractivity contribution < 1.29 is 19.4 Å². The minimum atomic E-state index is -1.22. The lowest BCUT2D eigenvalue weighted by molar-refractivity contribution is -0.129. The van der Waals surface area contributed by atoms with E-state index in [0.29, 0.717) is 31.7 Å². The first kappa shape index (κ1) is 18.3. The van der Waals surface area contributed by atoms with Crippen molar-refractivity contribution in [1.29, 1.82) is 0 Å². The van der Waals surface area contributed by atoms with Gasteiger partial charge in [0, 0.05) is 26.2 Å². The average molecular weight is 382 g/mol. The number of rotatable bonds is 3. The minimum absolute atomic E-state index is 0.0602. The van der Waals surface area contributed by atoms with Crippen molar-refractivity contribution in [2.45, 2.75) is 39.3 Å². The molecule has 0 bridgehead atoms. The summed E-state index contributed by atoms with van der Waals surface area (Å²) in [6.45, 7) is 3.24. The fourth-order valence-electron chi connectivity index (χ4n) is 4.03. The van der Waals surface area contributed by atoms with Crippen molar-refractivity contribution >= 4 is 11.9 Å². The summed E-state index contributed by atoms with van der Waals surface area (Å²) < 4.78 is 7.07. The van der Waals surface area contributed by atoms with E-state index in [1.165, 1.54) is 11.5 Å². The predicted octanol–water partition coefficient (Wildman–Crippen LogP) is 1.82. The van der Waals surface area contributed by atoms with Crippen molar-refractivity contribution in [3.05, 3.63) is 62.6 Å². The zero-order valence-corrected chi connectivity index (χ0v) is 15.7. The lowest BCUT2D eigenvalue weighted by atomic mass is 9.96. The SMILES string of the molecule is CC(=O)N1CCc2c(cn(Cc3ccc4c(c3)CCCO4)c(=O)c2C(=O)O)C1. The Morgan fingerprint density at radius 3 is 2.79 bits per heavy atom. The number of fused-ring (bicyclic) bond motifs is 2. The van der Waals surface area contributed by atoms with Crippen LogP contribution in [0.2, 0.25) is 0 Å². The Morgan fingerprint density at radius 1 is 1.21 bits per heavy atom. The highest BCUT2D eigenvalue weighted by Gasteiger charge is 2.27. The average Bonchev–Trinajstić information content (AvgIpc) is 2.67. The van der Waals surface area contributed by atoms with Crippen LogP contribution >= 0.6 is 0 Å². The number of benzene rings is 1. The van der Waals surface area contributed by atoms with Gasteiger partial charge in [-0.25, -0.2) is 4.79 Å². The molecule has 2 aliphatic heterocycles. The molecule has 0 spiro atoms. The number of hydrogen-bond donors (Lipinski definition) is 1. The van der Waals surface area contributed by atoms with Gasteiger partial charge in [-0.3, -0.25) is 9.59 Å². The molecular formula is C21H22N2O5. The molecule has 0 saturated carbocycles. The number of ether oxygens (including phenoxy) is 1. The van der Waals surface area contributed by atoms with Crippen molar-refractivity contribution in [1.82, 2.24) is 9.47 Å². The second-order valence-electron chi connectivity index (χ2n) is 7.33. The first-order valence-corrected chi connectivity index (χ1v) is 9.42. The highest BCUT2D eigenvalue weighted by atomic mass is 16.5. The van der Waals surface area contributed by atoms with E-state index in [2.05, 4.69) is 0 Å². The number of aromatic nitrogens is 1. The molecular weight excluding hydrogens is 360 g/mol. The zero-order chi connectivity index (χ0) is 19.8. The number of hydrogen-bond acceptors (Lipinski definition) is 4. The zero-order valence-electron chi connectivity index (χ0n) is 15.7. The van der Waals surface area contributed by atoms with Crippen molar-refractivity contribution in [2.24, 2.45) is 0 Å². The molecule has 1 aromatic carbocycles. The van der Waals surface area contributed by atoms with Gasteiger partial charge in [-0.2, -0.15) is 0 Å². The molecule has 0 fully saturated rings. The van der Waals surface area contributed by atoms with E-state index < -0.39 is 11.5 Å². The fraction of sp³-hybridized carbons (Fsp3) is 0.381. The molecule has 1 N–H and O–H groups in total. The van der Waals surface area contributed by atoms with Gasteiger partial charge in [-0.15, -0.1) is 0 Å². The van der Waals surface area contributed by atoms with Crippen LogP contribution in [0.1, 0.15) is 46.0 Å². The van der Waals surface area contributed by atoms with E-state index in [1.807, 2.05) is 18.2 Å². The molecule has 2 aliphatic rings. The van der Waals surface area contributed by atoms with Crippen LogP contribution in [0, 0.1) is 0 Å². The lowest BCUT2D eigenvalue weighted by Crippen LogP contribution is -2.38. The summed E-state index contributed by atoms with van der Waals surface area (Å²) in [7, 11) is 0. The number of aromatic carboxylic acids is 1. The van der Waals surface area contributed by atoms with Gasteiger partial charge in [-0.05, 0) is 47.6 Å². The second kappa shape index (κ2) is 7.14. The maximum absolute atomic E-state index is 12.9. The Bertz CT molecular complexity index is 1020. The normalized spacial score (nSPS) is 15.4. The molecule has 146 valence electrons. The summed E-state index contributed by atoms with van der Waals surface area (Å²) in [6, 6.07) is 5.82. The van der Waals surface area contributed by atoms with Crippen LogP contribution in [0.5, 0.6) is 5.75 Å². The number of carbonyl (C=O) groups excluding carboxylic acids is 1. The highest BCUT2D eigenvalue weighted by Crippen LogP contribution is 2.26. The Morgan fingerprint density at radius 2 is 2.04 bits per heavy atom. The van der Waals surface area contributed by atoms with Crippen LogP contribution in [0.15, 0.2) is 29.2 Å². The Labute approximate surface area is 162 Å². The first-order valence-electron chi connectivity index (χ1n) is 9.42. The molecule has 4 rings (SSSR count). The predicted molar refractivity (Wildman–Crippen MR) is 102 cm³/mol. The summed E-state index contributed by atoms with van der Waals surface area (Å²) in [5.41, 5.74) is 2.61. The maximum Gasteiger partial charge on any atom is 0.341 e. The van der Waals surface area contributed by atoms with Crippen LogP contribution in [0.4, 0.5) is 0 Å². The number of nitrogens with zero attached hydrogens (tertiary/aromatic N) is 2. The summed E-state index contributed by atoms with van der Waals surface area (Å²) >= 11 is 0. The molecule has 7 nitrogen and oxygen atoms in total. The molecule has 0 aliphatic carbocycles. The third kappa shape index (κ3) is 3.28. The van der Waals surface area contributed by atoms with Crippen molar-refractivity contribution in [3.63, 3.8) is 0 Å². The standard InChI is InChI=1S/C21H22N2O5/c1-13(24)22-7-6-17-16(11-22)12-23(20(25)19(17)21(26)27)10-14-4-5-18-15(9-14)3-2-8-28-18/h4-5,9,12H,2-3,6-8,10-11H2,1H3,(H,26,27). The number of carboxylic acids is 1. The van der Waals surface area contributed by atoms with Gasteiger partial charge in [0.25, 0.3) is 5.56 Å². The van der Waals surface area contributed by atoms with Gasteiger partial charge in [0.05, 0.1) is 13.2 Å². The highest BCUT2D eigenvalue weighted by molar-refractivity contribution is 5.89. The summed E-state index contributed by atoms with van der Waals surface area (Å²) in [5.74, 6) is -0.406. The van der Waals surface area contributed by atoms with Gasteiger partial charge >= 0.3 is 5.97 Å². The molecule has 0 unspecified atom stereocenters. The largest absolute Gasteiger partial charge is 0.493 e. The Balaban J connectivity index is 1.74. The van der Waals surface area contributed by atoms with E-state index in [9.17, 15) is 19.5 Å². The monoisotopic (exact) mass is 382 g/mol. The van der Waals surface area contributed by atoms with Crippen LogP contribution in [0.25, 0.3) is 0 Å². The molecule has 1 amide bonds. The van der Waals surface area contributed by atoms with Crippen molar-refractivity contribution in [3.8, 4) is 5.75 Å². The topological polar surface area (TPSA) is 88.8 Å². The van der Waals surface area contributed by atoms with Crippen LogP contribution < -0.4 is 10.3 Å². The third-order valence-electron chi connectivity index (χ3n) is 5.45. The van der Waals surface area contributed by atoms with Gasteiger partial charge in [0.2, 0.25) is 5.91 Å². The van der Waals surface area contributed by atoms with E-state index >= 15 is 0 Å².